The second-order valence-electron chi connectivity index (χ2n) is 6.34. The topological polar surface area (TPSA) is 80.3 Å². The highest BCUT2D eigenvalue weighted by molar-refractivity contribution is 7.92. The van der Waals surface area contributed by atoms with E-state index in [0.29, 0.717) is 22.8 Å². The largest absolute Gasteiger partial charge is 0.497 e. The molecule has 0 amide bonds. The van der Waals surface area contributed by atoms with Gasteiger partial charge in [0.2, 0.25) is 0 Å². The maximum Gasteiger partial charge on any atom is 0.262 e. The Kier molecular flexibility index (Phi) is 5.84. The molecule has 0 atom stereocenters. The minimum atomic E-state index is -3.71. The quantitative estimate of drug-likeness (QED) is 0.613. The average molecular weight is 398 g/mol. The number of hydrogen-bond donors (Lipinski definition) is 2. The van der Waals surface area contributed by atoms with Gasteiger partial charge in [0.25, 0.3) is 10.0 Å². The smallest absolute Gasteiger partial charge is 0.262 e. The van der Waals surface area contributed by atoms with Gasteiger partial charge in [-0.15, -0.1) is 0 Å². The SMILES string of the molecule is CCc1ccc(Nc2ccc(NS(=O)(=O)c3ccc(OC)cc3C)cn2)cc1. The van der Waals surface area contributed by atoms with Gasteiger partial charge in [-0.1, -0.05) is 19.1 Å². The molecule has 1 heterocycles. The number of rotatable bonds is 7. The predicted molar refractivity (Wildman–Crippen MR) is 112 cm³/mol. The number of benzene rings is 2. The van der Waals surface area contributed by atoms with E-state index in [-0.39, 0.29) is 4.90 Å². The number of hydrogen-bond acceptors (Lipinski definition) is 5. The highest BCUT2D eigenvalue weighted by Crippen LogP contribution is 2.24. The predicted octanol–water partition coefficient (Wildman–Crippen LogP) is 4.51. The summed E-state index contributed by atoms with van der Waals surface area (Å²) in [5.74, 6) is 1.24. The molecule has 0 bridgehead atoms. The molecule has 7 heteroatoms. The fraction of sp³-hybridized carbons (Fsp3) is 0.190. The van der Waals surface area contributed by atoms with Crippen molar-refractivity contribution in [2.24, 2.45) is 0 Å². The van der Waals surface area contributed by atoms with E-state index in [9.17, 15) is 8.42 Å². The Hall–Kier alpha value is -3.06. The molecular formula is C21H23N3O3S. The lowest BCUT2D eigenvalue weighted by atomic mass is 10.1. The molecule has 2 N–H and O–H groups in total. The average Bonchev–Trinajstić information content (AvgIpc) is 2.69. The summed E-state index contributed by atoms with van der Waals surface area (Å²) < 4.78 is 33.0. The summed E-state index contributed by atoms with van der Waals surface area (Å²) in [6.07, 6.45) is 2.47. The van der Waals surface area contributed by atoms with Crippen LogP contribution in [-0.2, 0) is 16.4 Å². The van der Waals surface area contributed by atoms with Crippen LogP contribution >= 0.6 is 0 Å². The zero-order valence-electron chi connectivity index (χ0n) is 16.1. The molecule has 0 aliphatic carbocycles. The van der Waals surface area contributed by atoms with Crippen molar-refractivity contribution in [3.63, 3.8) is 0 Å². The van der Waals surface area contributed by atoms with Crippen LogP contribution in [-0.4, -0.2) is 20.5 Å². The second-order valence-corrected chi connectivity index (χ2v) is 8.00. The standard InChI is InChI=1S/C21H23N3O3S/c1-4-16-5-7-17(8-6-16)23-21-12-9-18(14-22-21)24-28(25,26)20-11-10-19(27-3)13-15(20)2/h5-14,24H,4H2,1-3H3,(H,22,23). The number of sulfonamides is 1. The first-order valence-corrected chi connectivity index (χ1v) is 10.4. The molecule has 6 nitrogen and oxygen atoms in total. The van der Waals surface area contributed by atoms with Crippen LogP contribution in [0.25, 0.3) is 0 Å². The van der Waals surface area contributed by atoms with Gasteiger partial charge in [-0.25, -0.2) is 13.4 Å². The lowest BCUT2D eigenvalue weighted by Gasteiger charge is -2.12. The van der Waals surface area contributed by atoms with E-state index in [1.165, 1.54) is 17.8 Å². The zero-order valence-corrected chi connectivity index (χ0v) is 16.9. The van der Waals surface area contributed by atoms with Crippen molar-refractivity contribution in [3.8, 4) is 5.75 Å². The molecule has 3 rings (SSSR count). The number of pyridine rings is 1. The van der Waals surface area contributed by atoms with Crippen LogP contribution < -0.4 is 14.8 Å². The van der Waals surface area contributed by atoms with Crippen LogP contribution in [0.15, 0.2) is 65.7 Å². The molecule has 0 aliphatic rings. The summed E-state index contributed by atoms with van der Waals surface area (Å²) >= 11 is 0. The number of anilines is 3. The lowest BCUT2D eigenvalue weighted by molar-refractivity contribution is 0.414. The van der Waals surface area contributed by atoms with E-state index >= 15 is 0 Å². The molecule has 2 aromatic carbocycles. The summed E-state index contributed by atoms with van der Waals surface area (Å²) in [4.78, 5) is 4.49. The van der Waals surface area contributed by atoms with E-state index in [1.54, 1.807) is 38.3 Å². The molecule has 3 aromatic rings. The van der Waals surface area contributed by atoms with Gasteiger partial charge in [0, 0.05) is 5.69 Å². The third kappa shape index (κ3) is 4.61. The van der Waals surface area contributed by atoms with Crippen LogP contribution in [0.3, 0.4) is 0 Å². The lowest BCUT2D eigenvalue weighted by Crippen LogP contribution is -2.14. The Morgan fingerprint density at radius 2 is 1.71 bits per heavy atom. The van der Waals surface area contributed by atoms with Gasteiger partial charge in [-0.05, 0) is 66.9 Å². The third-order valence-electron chi connectivity index (χ3n) is 4.32. The van der Waals surface area contributed by atoms with Crippen LogP contribution in [0, 0.1) is 6.92 Å². The molecular weight excluding hydrogens is 374 g/mol. The van der Waals surface area contributed by atoms with E-state index in [4.69, 9.17) is 4.74 Å². The summed E-state index contributed by atoms with van der Waals surface area (Å²) in [5, 5.41) is 3.20. The molecule has 146 valence electrons. The van der Waals surface area contributed by atoms with Gasteiger partial charge in [-0.2, -0.15) is 0 Å². The van der Waals surface area contributed by atoms with Gasteiger partial charge in [0.05, 0.1) is 23.9 Å². The minimum Gasteiger partial charge on any atom is -0.497 e. The Morgan fingerprint density at radius 1 is 1.00 bits per heavy atom. The molecule has 0 saturated carbocycles. The molecule has 0 unspecified atom stereocenters. The first kappa shape index (κ1) is 19.7. The number of nitrogens with one attached hydrogen (secondary N) is 2. The van der Waals surface area contributed by atoms with Gasteiger partial charge in [0.15, 0.2) is 0 Å². The van der Waals surface area contributed by atoms with Crippen LogP contribution in [0.4, 0.5) is 17.2 Å². The summed E-state index contributed by atoms with van der Waals surface area (Å²) in [7, 11) is -2.17. The van der Waals surface area contributed by atoms with E-state index in [2.05, 4.69) is 34.1 Å². The Morgan fingerprint density at radius 3 is 2.29 bits per heavy atom. The number of nitrogens with zero attached hydrogens (tertiary/aromatic N) is 1. The van der Waals surface area contributed by atoms with Crippen molar-refractivity contribution in [2.75, 3.05) is 17.1 Å². The monoisotopic (exact) mass is 397 g/mol. The summed E-state index contributed by atoms with van der Waals surface area (Å²) in [5.41, 5.74) is 3.18. The normalized spacial score (nSPS) is 11.1. The Balaban J connectivity index is 1.72. The maximum atomic E-state index is 12.7. The van der Waals surface area contributed by atoms with Crippen molar-refractivity contribution in [1.82, 2.24) is 4.98 Å². The molecule has 28 heavy (non-hydrogen) atoms. The van der Waals surface area contributed by atoms with Crippen molar-refractivity contribution >= 4 is 27.2 Å². The van der Waals surface area contributed by atoms with Gasteiger partial charge in [-0.3, -0.25) is 4.72 Å². The van der Waals surface area contributed by atoms with Crippen LogP contribution in [0.5, 0.6) is 5.75 Å². The van der Waals surface area contributed by atoms with E-state index in [1.807, 2.05) is 12.1 Å². The van der Waals surface area contributed by atoms with E-state index < -0.39 is 10.0 Å². The molecule has 0 radical (unpaired) electrons. The van der Waals surface area contributed by atoms with Crippen molar-refractivity contribution < 1.29 is 13.2 Å². The van der Waals surface area contributed by atoms with Gasteiger partial charge >= 0.3 is 0 Å². The Labute approximate surface area is 165 Å². The second kappa shape index (κ2) is 8.31. The van der Waals surface area contributed by atoms with Crippen LogP contribution in [0.2, 0.25) is 0 Å². The van der Waals surface area contributed by atoms with Gasteiger partial charge < -0.3 is 10.1 Å². The number of methoxy groups -OCH3 is 1. The van der Waals surface area contributed by atoms with Crippen molar-refractivity contribution in [1.29, 1.82) is 0 Å². The molecule has 1 aromatic heterocycles. The van der Waals surface area contributed by atoms with Crippen LogP contribution in [0.1, 0.15) is 18.1 Å². The maximum absolute atomic E-state index is 12.7. The third-order valence-corrected chi connectivity index (χ3v) is 5.86. The number of aromatic nitrogens is 1. The Bertz CT molecular complexity index is 1050. The fourth-order valence-electron chi connectivity index (χ4n) is 2.76. The molecule has 0 spiro atoms. The molecule has 0 saturated heterocycles. The number of aryl methyl sites for hydroxylation is 2. The molecule has 0 aliphatic heterocycles. The minimum absolute atomic E-state index is 0.200. The summed E-state index contributed by atoms with van der Waals surface area (Å²) in [6.45, 7) is 3.84. The first-order valence-electron chi connectivity index (χ1n) is 8.91. The highest BCUT2D eigenvalue weighted by Gasteiger charge is 2.17. The fourth-order valence-corrected chi connectivity index (χ4v) is 4.03. The zero-order chi connectivity index (χ0) is 20.1. The summed E-state index contributed by atoms with van der Waals surface area (Å²) in [6, 6.07) is 16.3. The van der Waals surface area contributed by atoms with Gasteiger partial charge in [0.1, 0.15) is 11.6 Å². The van der Waals surface area contributed by atoms with E-state index in [0.717, 1.165) is 12.1 Å². The first-order chi connectivity index (χ1) is 13.4. The molecule has 0 fully saturated rings. The van der Waals surface area contributed by atoms with Crippen molar-refractivity contribution in [2.45, 2.75) is 25.2 Å². The van der Waals surface area contributed by atoms with Crippen molar-refractivity contribution in [3.05, 3.63) is 71.9 Å². The number of ether oxygens (including phenoxy) is 1. The highest BCUT2D eigenvalue weighted by atomic mass is 32.2.